The first-order chi connectivity index (χ1) is 30.8. The molecule has 0 saturated carbocycles. The molecule has 10 heteroatoms. The van der Waals surface area contributed by atoms with Crippen molar-refractivity contribution >= 4 is 19.7 Å². The summed E-state index contributed by atoms with van der Waals surface area (Å²) in [5.74, 6) is -0.506. The van der Waals surface area contributed by atoms with Crippen molar-refractivity contribution in [2.24, 2.45) is 0 Å². The summed E-state index contributed by atoms with van der Waals surface area (Å²) in [5, 5.41) is 12.8. The van der Waals surface area contributed by atoms with Gasteiger partial charge < -0.3 is 20.1 Å². The van der Waals surface area contributed by atoms with Gasteiger partial charge in [-0.1, -0.05) is 244 Å². The minimum atomic E-state index is -4.42. The Labute approximate surface area is 389 Å². The second kappa shape index (κ2) is 50.2. The number of carbonyl (C=O) groups is 2. The van der Waals surface area contributed by atoms with Gasteiger partial charge in [0.1, 0.15) is 12.7 Å². The van der Waals surface area contributed by atoms with E-state index in [9.17, 15) is 24.2 Å². The number of aliphatic hydroxyl groups excluding tert-OH is 1. The fraction of sp³-hybridized carbons (Fsp3) is 0.925. The van der Waals surface area contributed by atoms with Gasteiger partial charge in [0, 0.05) is 19.4 Å². The van der Waals surface area contributed by atoms with Crippen molar-refractivity contribution in [3.05, 3.63) is 12.2 Å². The Morgan fingerprint density at radius 3 is 1.19 bits per heavy atom. The van der Waals surface area contributed by atoms with Gasteiger partial charge in [-0.05, 0) is 38.5 Å². The molecule has 1 amide bonds. The molecular formula is C53H104NO8P. The number of esters is 1. The molecule has 0 heterocycles. The molecule has 0 aromatic heterocycles. The summed E-state index contributed by atoms with van der Waals surface area (Å²) < 4.78 is 27.0. The van der Waals surface area contributed by atoms with Gasteiger partial charge >= 0.3 is 13.8 Å². The molecule has 0 saturated heterocycles. The number of allylic oxidation sites excluding steroid dienone is 2. The predicted octanol–water partition coefficient (Wildman–Crippen LogP) is 16.1. The smallest absolute Gasteiger partial charge is 0.463 e. The van der Waals surface area contributed by atoms with Crippen LogP contribution in [-0.4, -0.2) is 54.3 Å². The van der Waals surface area contributed by atoms with Gasteiger partial charge in [0.2, 0.25) is 5.91 Å². The number of hydrogen-bond acceptors (Lipinski definition) is 7. The second-order valence-electron chi connectivity index (χ2n) is 18.6. The van der Waals surface area contributed by atoms with E-state index < -0.39 is 26.5 Å². The van der Waals surface area contributed by atoms with Gasteiger partial charge in [-0.2, -0.15) is 0 Å². The summed E-state index contributed by atoms with van der Waals surface area (Å²) in [6.07, 6.45) is 55.9. The van der Waals surface area contributed by atoms with Crippen molar-refractivity contribution in [3.63, 3.8) is 0 Å². The Kier molecular flexibility index (Phi) is 49.2. The lowest BCUT2D eigenvalue weighted by Crippen LogP contribution is -2.27. The molecule has 2 atom stereocenters. The number of phosphoric ester groups is 1. The number of carbonyl (C=O) groups excluding carboxylic acids is 2. The third-order valence-electron chi connectivity index (χ3n) is 12.2. The number of unbranched alkanes of at least 4 members (excludes halogenated alkanes) is 37. The number of aliphatic hydroxyl groups is 1. The van der Waals surface area contributed by atoms with Crippen molar-refractivity contribution in [2.75, 3.05) is 26.4 Å². The zero-order chi connectivity index (χ0) is 46.0. The van der Waals surface area contributed by atoms with Crippen molar-refractivity contribution in [1.29, 1.82) is 0 Å². The van der Waals surface area contributed by atoms with Gasteiger partial charge in [0.05, 0.1) is 13.2 Å². The van der Waals surface area contributed by atoms with Crippen LogP contribution in [0.1, 0.15) is 284 Å². The third kappa shape index (κ3) is 51.6. The first-order valence-electron chi connectivity index (χ1n) is 27.2. The topological polar surface area (TPSA) is 131 Å². The zero-order valence-electron chi connectivity index (χ0n) is 41.6. The van der Waals surface area contributed by atoms with Crippen LogP contribution < -0.4 is 5.32 Å². The third-order valence-corrected chi connectivity index (χ3v) is 13.2. The van der Waals surface area contributed by atoms with Crippen molar-refractivity contribution in [2.45, 2.75) is 290 Å². The van der Waals surface area contributed by atoms with E-state index in [4.69, 9.17) is 13.8 Å². The Morgan fingerprint density at radius 2 is 0.810 bits per heavy atom. The number of ether oxygens (including phenoxy) is 1. The average Bonchev–Trinajstić information content (AvgIpc) is 3.27. The minimum Gasteiger partial charge on any atom is -0.463 e. The van der Waals surface area contributed by atoms with Gasteiger partial charge in [-0.15, -0.1) is 0 Å². The number of phosphoric acid groups is 1. The van der Waals surface area contributed by atoms with Crippen molar-refractivity contribution in [1.82, 2.24) is 5.32 Å². The molecular weight excluding hydrogens is 810 g/mol. The summed E-state index contributed by atoms with van der Waals surface area (Å²) in [7, 11) is -4.42. The Morgan fingerprint density at radius 1 is 0.476 bits per heavy atom. The van der Waals surface area contributed by atoms with Crippen LogP contribution >= 0.6 is 7.82 Å². The van der Waals surface area contributed by atoms with E-state index in [1.54, 1.807) is 0 Å². The summed E-state index contributed by atoms with van der Waals surface area (Å²) in [6, 6.07) is 0. The summed E-state index contributed by atoms with van der Waals surface area (Å²) in [4.78, 5) is 34.1. The highest BCUT2D eigenvalue weighted by molar-refractivity contribution is 7.47. The first-order valence-corrected chi connectivity index (χ1v) is 28.7. The molecule has 0 aliphatic carbocycles. The molecule has 0 rings (SSSR count). The van der Waals surface area contributed by atoms with E-state index >= 15 is 0 Å². The van der Waals surface area contributed by atoms with Gasteiger partial charge in [-0.25, -0.2) is 4.57 Å². The van der Waals surface area contributed by atoms with E-state index in [0.717, 1.165) is 38.5 Å². The Bertz CT molecular complexity index is 1040. The molecule has 0 bridgehead atoms. The van der Waals surface area contributed by atoms with Crippen LogP contribution in [0.25, 0.3) is 0 Å². The summed E-state index contributed by atoms with van der Waals surface area (Å²) >= 11 is 0. The van der Waals surface area contributed by atoms with E-state index in [1.165, 1.54) is 218 Å². The second-order valence-corrected chi connectivity index (χ2v) is 20.0. The van der Waals surface area contributed by atoms with E-state index in [-0.39, 0.29) is 32.1 Å². The lowest BCUT2D eigenvalue weighted by Gasteiger charge is -2.15. The zero-order valence-corrected chi connectivity index (χ0v) is 42.4. The maximum absolute atomic E-state index is 12.2. The van der Waals surface area contributed by atoms with E-state index in [0.29, 0.717) is 6.42 Å². The highest BCUT2D eigenvalue weighted by atomic mass is 31.2. The minimum absolute atomic E-state index is 0.0833. The molecule has 0 fully saturated rings. The largest absolute Gasteiger partial charge is 0.472 e. The maximum atomic E-state index is 12.2. The molecule has 0 radical (unpaired) electrons. The van der Waals surface area contributed by atoms with Crippen LogP contribution in [0.5, 0.6) is 0 Å². The molecule has 0 aliphatic rings. The van der Waals surface area contributed by atoms with Crippen LogP contribution in [0.2, 0.25) is 0 Å². The van der Waals surface area contributed by atoms with Crippen LogP contribution in [0.3, 0.4) is 0 Å². The number of hydrogen-bond donors (Lipinski definition) is 3. The van der Waals surface area contributed by atoms with E-state index in [1.807, 2.05) is 0 Å². The maximum Gasteiger partial charge on any atom is 0.472 e. The summed E-state index contributed by atoms with van der Waals surface area (Å²) in [5.41, 5.74) is 0. The van der Waals surface area contributed by atoms with Crippen molar-refractivity contribution < 1.29 is 37.9 Å². The molecule has 374 valence electrons. The van der Waals surface area contributed by atoms with Crippen LogP contribution in [0, 0.1) is 0 Å². The Hall–Kier alpha value is -1.25. The monoisotopic (exact) mass is 914 g/mol. The van der Waals surface area contributed by atoms with Gasteiger partial charge in [0.15, 0.2) is 0 Å². The average molecular weight is 914 g/mol. The summed E-state index contributed by atoms with van der Waals surface area (Å²) in [6.45, 7) is 3.61. The lowest BCUT2D eigenvalue weighted by molar-refractivity contribution is -0.147. The predicted molar refractivity (Wildman–Crippen MR) is 266 cm³/mol. The molecule has 0 aliphatic heterocycles. The fourth-order valence-corrected chi connectivity index (χ4v) is 8.84. The molecule has 9 nitrogen and oxygen atoms in total. The van der Waals surface area contributed by atoms with Gasteiger partial charge in [-0.3, -0.25) is 18.6 Å². The molecule has 3 N–H and O–H groups in total. The number of rotatable bonds is 52. The molecule has 0 aromatic carbocycles. The van der Waals surface area contributed by atoms with Crippen LogP contribution in [0.4, 0.5) is 0 Å². The molecule has 0 spiro atoms. The quantitative estimate of drug-likeness (QED) is 0.0238. The normalized spacial score (nSPS) is 13.1. The molecule has 63 heavy (non-hydrogen) atoms. The highest BCUT2D eigenvalue weighted by Crippen LogP contribution is 2.42. The van der Waals surface area contributed by atoms with Crippen LogP contribution in [-0.2, 0) is 27.9 Å². The lowest BCUT2D eigenvalue weighted by atomic mass is 10.0. The highest BCUT2D eigenvalue weighted by Gasteiger charge is 2.23. The standard InChI is InChI=1S/C53H104NO8P/c1-3-5-7-9-11-13-15-17-19-21-23-24-25-26-27-28-30-32-34-36-38-40-42-44-46-53(57)60-49-51(55)50-62-63(58,59)61-48-47-54-52(56)45-43-41-39-37-35-33-31-29-22-20-18-16-14-12-10-8-6-4-2/h20,22,51,55H,3-19,21,23-50H2,1-2H3,(H,54,56)(H,58,59)/b22-20-. The van der Waals surface area contributed by atoms with Gasteiger partial charge in [0.25, 0.3) is 0 Å². The SMILES string of the molecule is CCCCCCCCC/C=C\CCCCCCCCCC(=O)NCCOP(=O)(O)OCC(O)COC(=O)CCCCCCCCCCCCCCCCCCCCCCCCCC. The number of nitrogens with one attached hydrogen (secondary N) is 1. The fourth-order valence-electron chi connectivity index (χ4n) is 8.09. The van der Waals surface area contributed by atoms with E-state index in [2.05, 4.69) is 31.3 Å². The Balaban J connectivity index is 3.50. The van der Waals surface area contributed by atoms with Crippen LogP contribution in [0.15, 0.2) is 12.2 Å². The molecule has 0 aromatic rings. The number of amides is 1. The first kappa shape index (κ1) is 61.8. The van der Waals surface area contributed by atoms with Crippen molar-refractivity contribution in [3.8, 4) is 0 Å². The molecule has 2 unspecified atom stereocenters.